The van der Waals surface area contributed by atoms with E-state index >= 15 is 0 Å². The average molecular weight is 347 g/mol. The van der Waals surface area contributed by atoms with E-state index in [4.69, 9.17) is 0 Å². The summed E-state index contributed by atoms with van der Waals surface area (Å²) in [6, 6.07) is 12.2. The van der Waals surface area contributed by atoms with E-state index in [0.29, 0.717) is 5.92 Å². The van der Waals surface area contributed by atoms with Crippen LogP contribution in [0.15, 0.2) is 24.3 Å². The molecule has 0 aromatic heterocycles. The fourth-order valence-corrected chi connectivity index (χ4v) is 8.82. The molecule has 0 atom stereocenters. The lowest BCUT2D eigenvalue weighted by atomic mass is 9.72. The van der Waals surface area contributed by atoms with E-state index in [2.05, 4.69) is 6.92 Å². The van der Waals surface area contributed by atoms with Crippen molar-refractivity contribution in [2.45, 2.75) is 88.8 Å². The Morgan fingerprint density at radius 3 is 2.12 bits per heavy atom. The molecule has 1 aromatic rings. The van der Waals surface area contributed by atoms with Gasteiger partial charge in [-0.25, -0.2) is 4.39 Å². The summed E-state index contributed by atoms with van der Waals surface area (Å²) in [7, 11) is -0.352. The summed E-state index contributed by atoms with van der Waals surface area (Å²) in [5.41, 5.74) is 1.36. The highest BCUT2D eigenvalue weighted by Gasteiger charge is 2.31. The van der Waals surface area contributed by atoms with Crippen LogP contribution in [-0.4, -0.2) is 8.80 Å². The summed E-state index contributed by atoms with van der Waals surface area (Å²) >= 11 is 0. The molecule has 1 aliphatic heterocycles. The summed E-state index contributed by atoms with van der Waals surface area (Å²) in [5, 5.41) is 0. The molecule has 0 N–H and O–H groups in total. The van der Waals surface area contributed by atoms with E-state index < -0.39 is 0 Å². The van der Waals surface area contributed by atoms with Crippen LogP contribution in [0.25, 0.3) is 0 Å². The molecule has 0 bridgehead atoms. The minimum atomic E-state index is -0.352. The minimum absolute atomic E-state index is 0.104. The minimum Gasteiger partial charge on any atom is -0.207 e. The highest BCUT2D eigenvalue weighted by molar-refractivity contribution is 6.58. The number of benzene rings is 1. The van der Waals surface area contributed by atoms with Gasteiger partial charge in [-0.1, -0.05) is 69.3 Å². The van der Waals surface area contributed by atoms with Crippen molar-refractivity contribution >= 4 is 8.80 Å². The van der Waals surface area contributed by atoms with Gasteiger partial charge in [0.25, 0.3) is 0 Å². The molecule has 0 spiro atoms. The van der Waals surface area contributed by atoms with Gasteiger partial charge in [-0.15, -0.1) is 0 Å². The third kappa shape index (κ3) is 4.94. The highest BCUT2D eigenvalue weighted by atomic mass is 28.3. The third-order valence-corrected chi connectivity index (χ3v) is 10.4. The second kappa shape index (κ2) is 9.17. The average Bonchev–Trinajstić information content (AvgIpc) is 2.63. The molecule has 1 aliphatic carbocycles. The third-order valence-electron chi connectivity index (χ3n) is 6.89. The van der Waals surface area contributed by atoms with Gasteiger partial charge in [0.2, 0.25) is 0 Å². The Bertz CT molecular complexity index is 467. The fourth-order valence-electron chi connectivity index (χ4n) is 5.29. The maximum Gasteiger partial charge on any atom is 0.123 e. The molecule has 0 unspecified atom stereocenters. The van der Waals surface area contributed by atoms with Crippen LogP contribution in [-0.2, 0) is 0 Å². The van der Waals surface area contributed by atoms with Gasteiger partial charge in [0.15, 0.2) is 0 Å². The predicted molar refractivity (Wildman–Crippen MR) is 105 cm³/mol. The molecule has 1 aromatic carbocycles. The number of halogens is 1. The Morgan fingerprint density at radius 1 is 0.875 bits per heavy atom. The molecule has 0 amide bonds. The van der Waals surface area contributed by atoms with Crippen LogP contribution in [0.4, 0.5) is 4.39 Å². The summed E-state index contributed by atoms with van der Waals surface area (Å²) in [5.74, 6) is 2.61. The standard InChI is InChI=1S/C22H35FSi/c1-2-3-4-15-24-16-13-21(14-17-24)19-7-5-18(6-8-19)20-9-11-22(23)12-10-20/h9-12,18-19,21,24H,2-8,13-17H2,1H3/t18-,19-,21?,24?. The molecule has 0 radical (unpaired) electrons. The molecule has 1 saturated heterocycles. The summed E-state index contributed by atoms with van der Waals surface area (Å²) in [4.78, 5) is 0. The Hall–Kier alpha value is -0.633. The fraction of sp³-hybridized carbons (Fsp3) is 0.727. The van der Waals surface area contributed by atoms with Gasteiger partial charge >= 0.3 is 0 Å². The summed E-state index contributed by atoms with van der Waals surface area (Å²) in [6.45, 7) is 2.32. The molecule has 134 valence electrons. The van der Waals surface area contributed by atoms with Gasteiger partial charge < -0.3 is 0 Å². The lowest BCUT2D eigenvalue weighted by Crippen LogP contribution is -2.28. The van der Waals surface area contributed by atoms with E-state index in [1.165, 1.54) is 50.5 Å². The first-order valence-electron chi connectivity index (χ1n) is 10.5. The van der Waals surface area contributed by atoms with Crippen LogP contribution >= 0.6 is 0 Å². The highest BCUT2D eigenvalue weighted by Crippen LogP contribution is 2.43. The van der Waals surface area contributed by atoms with Gasteiger partial charge in [0.1, 0.15) is 5.82 Å². The van der Waals surface area contributed by atoms with E-state index in [1.54, 1.807) is 43.1 Å². The first-order valence-corrected chi connectivity index (χ1v) is 13.0. The molecule has 24 heavy (non-hydrogen) atoms. The van der Waals surface area contributed by atoms with Crippen LogP contribution in [0, 0.1) is 17.7 Å². The number of rotatable bonds is 6. The Labute approximate surface area is 149 Å². The summed E-state index contributed by atoms with van der Waals surface area (Å²) in [6.07, 6.45) is 12.9. The molecule has 1 heterocycles. The smallest absolute Gasteiger partial charge is 0.123 e. The first-order chi connectivity index (χ1) is 11.8. The lowest BCUT2D eigenvalue weighted by molar-refractivity contribution is 0.216. The molecule has 1 saturated carbocycles. The van der Waals surface area contributed by atoms with Crippen LogP contribution in [0.1, 0.15) is 76.2 Å². The van der Waals surface area contributed by atoms with Crippen molar-refractivity contribution in [2.75, 3.05) is 0 Å². The molecule has 2 aliphatic rings. The Kier molecular flexibility index (Phi) is 6.94. The van der Waals surface area contributed by atoms with Crippen LogP contribution in [0.2, 0.25) is 18.1 Å². The van der Waals surface area contributed by atoms with Crippen molar-refractivity contribution in [3.63, 3.8) is 0 Å². The van der Waals surface area contributed by atoms with Gasteiger partial charge in [-0.05, 0) is 61.1 Å². The first kappa shape index (κ1) is 18.2. The summed E-state index contributed by atoms with van der Waals surface area (Å²) < 4.78 is 13.1. The van der Waals surface area contributed by atoms with Crippen LogP contribution in [0.3, 0.4) is 0 Å². The number of hydrogen-bond acceptors (Lipinski definition) is 0. The van der Waals surface area contributed by atoms with Crippen molar-refractivity contribution in [1.29, 1.82) is 0 Å². The van der Waals surface area contributed by atoms with E-state index in [9.17, 15) is 4.39 Å². The van der Waals surface area contributed by atoms with Crippen molar-refractivity contribution in [3.8, 4) is 0 Å². The topological polar surface area (TPSA) is 0 Å². The van der Waals surface area contributed by atoms with E-state index in [-0.39, 0.29) is 14.6 Å². The molecule has 0 nitrogen and oxygen atoms in total. The molecular formula is C22H35FSi. The van der Waals surface area contributed by atoms with E-state index in [1.807, 2.05) is 12.1 Å². The SMILES string of the molecule is CCCCC[SiH]1CCC([C@H]2CC[C@H](c3ccc(F)cc3)CC2)CC1. The monoisotopic (exact) mass is 346 g/mol. The largest absolute Gasteiger partial charge is 0.207 e. The predicted octanol–water partition coefficient (Wildman–Crippen LogP) is 6.93. The molecule has 3 rings (SSSR count). The van der Waals surface area contributed by atoms with Crippen LogP contribution in [0.5, 0.6) is 0 Å². The lowest BCUT2D eigenvalue weighted by Gasteiger charge is -2.37. The molecule has 2 heteroatoms. The zero-order valence-electron chi connectivity index (χ0n) is 15.5. The molecule has 2 fully saturated rings. The second-order valence-corrected chi connectivity index (χ2v) is 11.9. The van der Waals surface area contributed by atoms with Crippen LogP contribution < -0.4 is 0 Å². The van der Waals surface area contributed by atoms with Gasteiger partial charge in [-0.2, -0.15) is 0 Å². The van der Waals surface area contributed by atoms with Crippen molar-refractivity contribution in [1.82, 2.24) is 0 Å². The maximum atomic E-state index is 13.1. The number of hydrogen-bond donors (Lipinski definition) is 0. The number of unbranched alkanes of at least 4 members (excludes halogenated alkanes) is 2. The van der Waals surface area contributed by atoms with Gasteiger partial charge in [-0.3, -0.25) is 0 Å². The van der Waals surface area contributed by atoms with Crippen molar-refractivity contribution in [3.05, 3.63) is 35.6 Å². The zero-order chi connectivity index (χ0) is 16.8. The quantitative estimate of drug-likeness (QED) is 0.387. The van der Waals surface area contributed by atoms with E-state index in [0.717, 1.165) is 11.8 Å². The maximum absolute atomic E-state index is 13.1. The Morgan fingerprint density at radius 2 is 1.50 bits per heavy atom. The zero-order valence-corrected chi connectivity index (χ0v) is 16.6. The van der Waals surface area contributed by atoms with Crippen molar-refractivity contribution < 1.29 is 4.39 Å². The second-order valence-electron chi connectivity index (χ2n) is 8.44. The van der Waals surface area contributed by atoms with Gasteiger partial charge in [0.05, 0.1) is 0 Å². The molecular weight excluding hydrogens is 311 g/mol. The Balaban J connectivity index is 1.40. The van der Waals surface area contributed by atoms with Crippen molar-refractivity contribution in [2.24, 2.45) is 11.8 Å². The normalized spacial score (nSPS) is 31.1. The van der Waals surface area contributed by atoms with Gasteiger partial charge in [0, 0.05) is 8.80 Å².